The number of hydrazine groups is 1. The quantitative estimate of drug-likeness (QED) is 0.668. The van der Waals surface area contributed by atoms with Crippen molar-refractivity contribution in [2.75, 3.05) is 0 Å². The molecule has 0 aliphatic carbocycles. The minimum Gasteiger partial charge on any atom is -0.271 e. The summed E-state index contributed by atoms with van der Waals surface area (Å²) in [6.45, 7) is 0. The summed E-state index contributed by atoms with van der Waals surface area (Å²) in [6, 6.07) is 5.34. The molecule has 2 aromatic heterocycles. The van der Waals surface area contributed by atoms with Gasteiger partial charge in [-0.2, -0.15) is 0 Å². The second-order valence-corrected chi connectivity index (χ2v) is 4.64. The molecule has 0 radical (unpaired) electrons. The summed E-state index contributed by atoms with van der Waals surface area (Å²) in [4.78, 5) is 8.19. The lowest BCUT2D eigenvalue weighted by Gasteiger charge is -2.16. The van der Waals surface area contributed by atoms with Crippen molar-refractivity contribution in [3.05, 3.63) is 58.1 Å². The lowest BCUT2D eigenvalue weighted by Crippen LogP contribution is -2.30. The molecule has 94 valence electrons. The molecule has 0 aliphatic rings. The first-order valence-corrected chi connectivity index (χ1v) is 6.12. The van der Waals surface area contributed by atoms with E-state index in [0.29, 0.717) is 22.2 Å². The average molecular weight is 283 g/mol. The Bertz CT molecular complexity index is 519. The van der Waals surface area contributed by atoms with E-state index in [-0.39, 0.29) is 6.04 Å². The molecule has 1 unspecified atom stereocenters. The fraction of sp³-hybridized carbons (Fsp3) is 0.167. The van der Waals surface area contributed by atoms with E-state index in [4.69, 9.17) is 29.0 Å². The van der Waals surface area contributed by atoms with Crippen molar-refractivity contribution < 1.29 is 0 Å². The Hall–Kier alpha value is -1.20. The first kappa shape index (κ1) is 13.2. The van der Waals surface area contributed by atoms with Crippen molar-refractivity contribution in [3.8, 4) is 0 Å². The molecule has 2 rings (SSSR count). The maximum atomic E-state index is 6.11. The van der Waals surface area contributed by atoms with Gasteiger partial charge in [-0.25, -0.2) is 0 Å². The van der Waals surface area contributed by atoms with Crippen molar-refractivity contribution in [1.82, 2.24) is 15.4 Å². The maximum Gasteiger partial charge on any atom is 0.0777 e. The number of aromatic nitrogens is 2. The van der Waals surface area contributed by atoms with Gasteiger partial charge in [0.05, 0.1) is 21.8 Å². The van der Waals surface area contributed by atoms with Crippen LogP contribution in [-0.2, 0) is 6.42 Å². The summed E-state index contributed by atoms with van der Waals surface area (Å²) in [7, 11) is 0. The number of pyridine rings is 2. The van der Waals surface area contributed by atoms with Crippen LogP contribution < -0.4 is 11.3 Å². The molecule has 0 aliphatic heterocycles. The van der Waals surface area contributed by atoms with Crippen LogP contribution in [0.15, 0.2) is 36.8 Å². The molecule has 1 atom stereocenters. The van der Waals surface area contributed by atoms with Gasteiger partial charge in [0.2, 0.25) is 0 Å². The van der Waals surface area contributed by atoms with Crippen molar-refractivity contribution >= 4 is 23.2 Å². The lowest BCUT2D eigenvalue weighted by molar-refractivity contribution is 0.538. The first-order chi connectivity index (χ1) is 8.70. The summed E-state index contributed by atoms with van der Waals surface area (Å²) in [5.74, 6) is 5.56. The number of nitrogens with zero attached hydrogens (tertiary/aromatic N) is 2. The second-order valence-electron chi connectivity index (χ2n) is 3.80. The normalized spacial score (nSPS) is 12.4. The summed E-state index contributed by atoms with van der Waals surface area (Å²) >= 11 is 11.9. The van der Waals surface area contributed by atoms with Gasteiger partial charge in [0.15, 0.2) is 0 Å². The highest BCUT2D eigenvalue weighted by Gasteiger charge is 2.15. The van der Waals surface area contributed by atoms with Crippen LogP contribution in [0.3, 0.4) is 0 Å². The van der Waals surface area contributed by atoms with Crippen LogP contribution in [0.25, 0.3) is 0 Å². The lowest BCUT2D eigenvalue weighted by atomic mass is 10.0. The smallest absolute Gasteiger partial charge is 0.0777 e. The van der Waals surface area contributed by atoms with Gasteiger partial charge in [-0.3, -0.25) is 21.2 Å². The van der Waals surface area contributed by atoms with Crippen LogP contribution in [0, 0.1) is 0 Å². The number of nitrogens with one attached hydrogen (secondary N) is 1. The van der Waals surface area contributed by atoms with E-state index in [1.54, 1.807) is 24.7 Å². The molecule has 2 aromatic rings. The molecule has 6 heteroatoms. The van der Waals surface area contributed by atoms with Crippen molar-refractivity contribution in [1.29, 1.82) is 0 Å². The zero-order chi connectivity index (χ0) is 13.0. The Morgan fingerprint density at radius 2 is 2.00 bits per heavy atom. The molecule has 0 fully saturated rings. The molecule has 18 heavy (non-hydrogen) atoms. The second kappa shape index (κ2) is 6.11. The highest BCUT2D eigenvalue weighted by Crippen LogP contribution is 2.25. The molecule has 0 saturated carbocycles. The Morgan fingerprint density at radius 1 is 1.28 bits per heavy atom. The van der Waals surface area contributed by atoms with Crippen molar-refractivity contribution in [2.45, 2.75) is 12.5 Å². The van der Waals surface area contributed by atoms with Crippen LogP contribution in [0.5, 0.6) is 0 Å². The van der Waals surface area contributed by atoms with Gasteiger partial charge < -0.3 is 0 Å². The standard InChI is InChI=1S/C12H12Cl2N4/c13-9-6-10(14)12(17-7-9)11(18-15)5-8-1-3-16-4-2-8/h1-4,6-7,11,18H,5,15H2. The summed E-state index contributed by atoms with van der Waals surface area (Å²) in [6.07, 6.45) is 5.70. The van der Waals surface area contributed by atoms with Gasteiger partial charge >= 0.3 is 0 Å². The molecule has 2 heterocycles. The van der Waals surface area contributed by atoms with Gasteiger partial charge in [-0.1, -0.05) is 23.2 Å². The number of hydrogen-bond acceptors (Lipinski definition) is 4. The van der Waals surface area contributed by atoms with E-state index in [2.05, 4.69) is 15.4 Å². The highest BCUT2D eigenvalue weighted by atomic mass is 35.5. The van der Waals surface area contributed by atoms with Gasteiger partial charge in [-0.15, -0.1) is 0 Å². The molecular formula is C12H12Cl2N4. The molecule has 0 amide bonds. The van der Waals surface area contributed by atoms with Gasteiger partial charge in [0.25, 0.3) is 0 Å². The summed E-state index contributed by atoms with van der Waals surface area (Å²) < 4.78 is 0. The van der Waals surface area contributed by atoms with Gasteiger partial charge in [0, 0.05) is 18.6 Å². The fourth-order valence-electron chi connectivity index (χ4n) is 1.67. The number of rotatable bonds is 4. The third-order valence-corrected chi connectivity index (χ3v) is 3.07. The van der Waals surface area contributed by atoms with E-state index in [1.807, 2.05) is 12.1 Å². The number of halogens is 2. The molecule has 0 aromatic carbocycles. The van der Waals surface area contributed by atoms with E-state index in [0.717, 1.165) is 5.56 Å². The van der Waals surface area contributed by atoms with Gasteiger partial charge in [0.1, 0.15) is 0 Å². The Labute approximate surface area is 115 Å². The predicted molar refractivity (Wildman–Crippen MR) is 72.3 cm³/mol. The summed E-state index contributed by atoms with van der Waals surface area (Å²) in [5.41, 5.74) is 4.50. The average Bonchev–Trinajstić information content (AvgIpc) is 2.38. The minimum absolute atomic E-state index is 0.169. The third kappa shape index (κ3) is 3.17. The topological polar surface area (TPSA) is 63.8 Å². The monoisotopic (exact) mass is 282 g/mol. The Morgan fingerprint density at radius 3 is 2.61 bits per heavy atom. The molecule has 0 saturated heterocycles. The third-order valence-electron chi connectivity index (χ3n) is 2.56. The first-order valence-electron chi connectivity index (χ1n) is 5.36. The van der Waals surface area contributed by atoms with Crippen molar-refractivity contribution in [3.63, 3.8) is 0 Å². The zero-order valence-corrected chi connectivity index (χ0v) is 11.0. The SMILES string of the molecule is NNC(Cc1ccncc1)c1ncc(Cl)cc1Cl. The Kier molecular flexibility index (Phi) is 4.49. The largest absolute Gasteiger partial charge is 0.271 e. The molecule has 0 bridgehead atoms. The van der Waals surface area contributed by atoms with E-state index in [1.165, 1.54) is 0 Å². The highest BCUT2D eigenvalue weighted by molar-refractivity contribution is 6.34. The molecule has 3 N–H and O–H groups in total. The fourth-order valence-corrected chi connectivity index (χ4v) is 2.18. The van der Waals surface area contributed by atoms with Crippen LogP contribution in [0.2, 0.25) is 10.0 Å². The Balaban J connectivity index is 2.23. The van der Waals surface area contributed by atoms with Crippen molar-refractivity contribution in [2.24, 2.45) is 5.84 Å². The minimum atomic E-state index is -0.169. The predicted octanol–water partition coefficient (Wildman–Crippen LogP) is 2.53. The van der Waals surface area contributed by atoms with E-state index >= 15 is 0 Å². The zero-order valence-electron chi connectivity index (χ0n) is 9.48. The number of hydrogen-bond donors (Lipinski definition) is 2. The van der Waals surface area contributed by atoms with Gasteiger partial charge in [-0.05, 0) is 30.2 Å². The van der Waals surface area contributed by atoms with Crippen LogP contribution in [-0.4, -0.2) is 9.97 Å². The van der Waals surface area contributed by atoms with Crippen LogP contribution >= 0.6 is 23.2 Å². The molecule has 0 spiro atoms. The molecular weight excluding hydrogens is 271 g/mol. The number of nitrogens with two attached hydrogens (primary N) is 1. The molecule has 4 nitrogen and oxygen atoms in total. The summed E-state index contributed by atoms with van der Waals surface area (Å²) in [5, 5.41) is 1.00. The van der Waals surface area contributed by atoms with E-state index in [9.17, 15) is 0 Å². The van der Waals surface area contributed by atoms with E-state index < -0.39 is 0 Å². The maximum absolute atomic E-state index is 6.11. The van der Waals surface area contributed by atoms with Crippen LogP contribution in [0.1, 0.15) is 17.3 Å². The van der Waals surface area contributed by atoms with Crippen LogP contribution in [0.4, 0.5) is 0 Å².